The Morgan fingerprint density at radius 2 is 1.96 bits per heavy atom. The van der Waals surface area contributed by atoms with Gasteiger partial charge in [-0.15, -0.1) is 0 Å². The van der Waals surface area contributed by atoms with Gasteiger partial charge < -0.3 is 5.32 Å². The number of rotatable bonds is 2. The Morgan fingerprint density at radius 1 is 1.22 bits per heavy atom. The van der Waals surface area contributed by atoms with Crippen LogP contribution in [0.25, 0.3) is 0 Å². The molecule has 7 heteroatoms. The van der Waals surface area contributed by atoms with Crippen LogP contribution in [-0.4, -0.2) is 20.1 Å². The van der Waals surface area contributed by atoms with Crippen molar-refractivity contribution >= 4 is 27.3 Å². The van der Waals surface area contributed by atoms with Crippen molar-refractivity contribution in [2.45, 2.75) is 17.4 Å². The van der Waals surface area contributed by atoms with E-state index in [0.29, 0.717) is 5.56 Å². The average Bonchev–Trinajstić information content (AvgIpc) is 2.50. The fourth-order valence-corrected chi connectivity index (χ4v) is 4.43. The van der Waals surface area contributed by atoms with Gasteiger partial charge in [0.1, 0.15) is 5.82 Å². The van der Waals surface area contributed by atoms with Gasteiger partial charge in [-0.05, 0) is 36.2 Å². The minimum Gasteiger partial charge on any atom is -0.345 e. The van der Waals surface area contributed by atoms with Gasteiger partial charge in [0.25, 0.3) is 5.91 Å². The summed E-state index contributed by atoms with van der Waals surface area (Å²) in [4.78, 5) is 12.5. The topological polar surface area (TPSA) is 63.2 Å². The number of hydrogen-bond acceptors (Lipinski definition) is 3. The van der Waals surface area contributed by atoms with Gasteiger partial charge in [-0.25, -0.2) is 12.8 Å². The molecular weight excluding hydrogens is 341 g/mol. The SMILES string of the molecule is O=C(N[C@@H]1CCS(=O)(=O)c2ccccc21)c1ccc(Cl)cc1F. The molecule has 2 aromatic carbocycles. The molecule has 23 heavy (non-hydrogen) atoms. The van der Waals surface area contributed by atoms with Crippen LogP contribution >= 0.6 is 11.6 Å². The maximum absolute atomic E-state index is 13.8. The average molecular weight is 354 g/mol. The van der Waals surface area contributed by atoms with Crippen LogP contribution in [0.15, 0.2) is 47.4 Å². The number of fused-ring (bicyclic) bond motifs is 1. The summed E-state index contributed by atoms with van der Waals surface area (Å²) in [5.74, 6) is -1.37. The number of amides is 1. The first kappa shape index (κ1) is 16.0. The van der Waals surface area contributed by atoms with Crippen LogP contribution in [0.2, 0.25) is 5.02 Å². The van der Waals surface area contributed by atoms with E-state index in [4.69, 9.17) is 11.6 Å². The summed E-state index contributed by atoms with van der Waals surface area (Å²) in [6.07, 6.45) is 0.250. The molecule has 120 valence electrons. The van der Waals surface area contributed by atoms with Crippen LogP contribution < -0.4 is 5.32 Å². The zero-order chi connectivity index (χ0) is 16.6. The van der Waals surface area contributed by atoms with Crippen molar-refractivity contribution in [2.75, 3.05) is 5.75 Å². The molecule has 0 saturated carbocycles. The van der Waals surface area contributed by atoms with Crippen LogP contribution in [0.5, 0.6) is 0 Å². The third-order valence-corrected chi connectivity index (χ3v) is 5.84. The molecule has 0 spiro atoms. The highest BCUT2D eigenvalue weighted by Gasteiger charge is 2.31. The van der Waals surface area contributed by atoms with Crippen molar-refractivity contribution in [1.29, 1.82) is 0 Å². The molecule has 1 heterocycles. The van der Waals surface area contributed by atoms with Crippen molar-refractivity contribution in [1.82, 2.24) is 5.32 Å². The van der Waals surface area contributed by atoms with Gasteiger partial charge in [-0.2, -0.15) is 0 Å². The predicted molar refractivity (Wildman–Crippen MR) is 84.7 cm³/mol. The monoisotopic (exact) mass is 353 g/mol. The van der Waals surface area contributed by atoms with E-state index in [1.165, 1.54) is 18.2 Å². The van der Waals surface area contributed by atoms with Gasteiger partial charge in [-0.1, -0.05) is 29.8 Å². The zero-order valence-corrected chi connectivity index (χ0v) is 13.5. The highest BCUT2D eigenvalue weighted by Crippen LogP contribution is 2.32. The molecule has 0 bridgehead atoms. The minimum atomic E-state index is -3.33. The number of carbonyl (C=O) groups excluding carboxylic acids is 1. The van der Waals surface area contributed by atoms with Crippen molar-refractivity contribution in [3.63, 3.8) is 0 Å². The molecule has 2 aromatic rings. The predicted octanol–water partition coefficient (Wildman–Crippen LogP) is 3.13. The Balaban J connectivity index is 1.90. The lowest BCUT2D eigenvalue weighted by Gasteiger charge is -2.26. The standard InChI is InChI=1S/C16H13ClFNO3S/c17-10-5-6-11(13(18)9-10)16(20)19-14-7-8-23(21,22)15-4-2-1-3-12(14)15/h1-6,9,14H,7-8H2,(H,19,20)/t14-/m1/s1. The Morgan fingerprint density at radius 3 is 2.70 bits per heavy atom. The quantitative estimate of drug-likeness (QED) is 0.902. The molecule has 1 N–H and O–H groups in total. The second kappa shape index (κ2) is 5.94. The first-order valence-corrected chi connectivity index (χ1v) is 8.99. The summed E-state index contributed by atoms with van der Waals surface area (Å²) >= 11 is 5.67. The molecule has 0 aromatic heterocycles. The Bertz CT molecular complexity index is 883. The van der Waals surface area contributed by atoms with E-state index in [1.54, 1.807) is 18.2 Å². The Hall–Kier alpha value is -1.92. The van der Waals surface area contributed by atoms with Crippen molar-refractivity contribution < 1.29 is 17.6 Å². The van der Waals surface area contributed by atoms with Crippen molar-refractivity contribution in [3.8, 4) is 0 Å². The van der Waals surface area contributed by atoms with Crippen molar-refractivity contribution in [2.24, 2.45) is 0 Å². The highest BCUT2D eigenvalue weighted by molar-refractivity contribution is 7.91. The first-order chi connectivity index (χ1) is 10.9. The molecule has 1 amide bonds. The lowest BCUT2D eigenvalue weighted by atomic mass is 10.0. The van der Waals surface area contributed by atoms with Crippen LogP contribution in [0.4, 0.5) is 4.39 Å². The molecular formula is C16H13ClFNO3S. The van der Waals surface area contributed by atoms with Gasteiger partial charge in [-0.3, -0.25) is 4.79 Å². The Labute approximate surface area is 138 Å². The molecule has 0 aliphatic carbocycles. The fourth-order valence-electron chi connectivity index (χ4n) is 2.65. The van der Waals surface area contributed by atoms with Crippen LogP contribution in [0.3, 0.4) is 0 Å². The summed E-state index contributed by atoms with van der Waals surface area (Å²) in [5, 5.41) is 2.90. The number of sulfone groups is 1. The number of benzene rings is 2. The van der Waals surface area contributed by atoms with E-state index in [1.807, 2.05) is 0 Å². The van der Waals surface area contributed by atoms with E-state index in [-0.39, 0.29) is 27.7 Å². The number of nitrogens with one attached hydrogen (secondary N) is 1. The fraction of sp³-hybridized carbons (Fsp3) is 0.188. The maximum atomic E-state index is 13.8. The lowest BCUT2D eigenvalue weighted by Crippen LogP contribution is -2.34. The largest absolute Gasteiger partial charge is 0.345 e. The Kier molecular flexibility index (Phi) is 4.12. The second-order valence-electron chi connectivity index (χ2n) is 5.30. The second-order valence-corrected chi connectivity index (χ2v) is 7.81. The number of carbonyl (C=O) groups is 1. The third kappa shape index (κ3) is 3.09. The molecule has 0 fully saturated rings. The van der Waals surface area contributed by atoms with E-state index in [2.05, 4.69) is 5.32 Å². The van der Waals surface area contributed by atoms with Crippen LogP contribution in [-0.2, 0) is 9.84 Å². The molecule has 0 unspecified atom stereocenters. The maximum Gasteiger partial charge on any atom is 0.254 e. The summed E-state index contributed by atoms with van der Waals surface area (Å²) in [6, 6.07) is 9.85. The lowest BCUT2D eigenvalue weighted by molar-refractivity contribution is 0.0930. The van der Waals surface area contributed by atoms with Crippen LogP contribution in [0.1, 0.15) is 28.4 Å². The van der Waals surface area contributed by atoms with E-state index < -0.39 is 27.6 Å². The van der Waals surface area contributed by atoms with Gasteiger partial charge in [0.15, 0.2) is 9.84 Å². The van der Waals surface area contributed by atoms with Crippen molar-refractivity contribution in [3.05, 3.63) is 64.4 Å². The molecule has 1 atom stereocenters. The summed E-state index contributed by atoms with van der Waals surface area (Å²) in [7, 11) is -3.33. The zero-order valence-electron chi connectivity index (χ0n) is 11.9. The molecule has 1 aliphatic heterocycles. The van der Waals surface area contributed by atoms with Crippen LogP contribution in [0, 0.1) is 5.82 Å². The summed E-state index contributed by atoms with van der Waals surface area (Å²) in [5.41, 5.74) is 0.404. The smallest absolute Gasteiger partial charge is 0.254 e. The third-order valence-electron chi connectivity index (χ3n) is 3.79. The van der Waals surface area contributed by atoms with Gasteiger partial charge in [0, 0.05) is 5.02 Å². The number of hydrogen-bond donors (Lipinski definition) is 1. The summed E-state index contributed by atoms with van der Waals surface area (Å²) in [6.45, 7) is 0. The molecule has 3 rings (SSSR count). The molecule has 0 radical (unpaired) electrons. The van der Waals surface area contributed by atoms with Gasteiger partial charge in [0.05, 0.1) is 22.3 Å². The normalized spacial score (nSPS) is 19.0. The minimum absolute atomic E-state index is 0.0575. The van der Waals surface area contributed by atoms with E-state index in [9.17, 15) is 17.6 Å². The first-order valence-electron chi connectivity index (χ1n) is 6.96. The van der Waals surface area contributed by atoms with E-state index in [0.717, 1.165) is 6.07 Å². The molecule has 0 saturated heterocycles. The van der Waals surface area contributed by atoms with E-state index >= 15 is 0 Å². The van der Waals surface area contributed by atoms with Gasteiger partial charge in [0.2, 0.25) is 0 Å². The molecule has 4 nitrogen and oxygen atoms in total. The number of halogens is 2. The van der Waals surface area contributed by atoms with Gasteiger partial charge >= 0.3 is 0 Å². The highest BCUT2D eigenvalue weighted by atomic mass is 35.5. The summed E-state index contributed by atoms with van der Waals surface area (Å²) < 4.78 is 38.0. The molecule has 1 aliphatic rings.